The lowest BCUT2D eigenvalue weighted by Gasteiger charge is -2.32. The van der Waals surface area contributed by atoms with Gasteiger partial charge in [0.15, 0.2) is 0 Å². The van der Waals surface area contributed by atoms with E-state index in [1.165, 1.54) is 5.56 Å². The SMILES string of the molecule is Cc1ccc(C)c(OC2CCN(C(=O)c3cn4c(C)cccc4n3)CC2)c1. The third kappa shape index (κ3) is 3.54. The maximum absolute atomic E-state index is 12.9. The molecule has 5 nitrogen and oxygen atoms in total. The number of carbonyl (C=O) groups excluding carboxylic acids is 1. The number of rotatable bonds is 3. The summed E-state index contributed by atoms with van der Waals surface area (Å²) in [6.45, 7) is 7.55. The molecule has 1 fully saturated rings. The van der Waals surface area contributed by atoms with Crippen LogP contribution >= 0.6 is 0 Å². The summed E-state index contributed by atoms with van der Waals surface area (Å²) >= 11 is 0. The first-order chi connectivity index (χ1) is 13.0. The minimum atomic E-state index is 0.00304. The fourth-order valence-electron chi connectivity index (χ4n) is 3.60. The molecule has 1 aromatic carbocycles. The van der Waals surface area contributed by atoms with Crippen molar-refractivity contribution < 1.29 is 9.53 Å². The predicted octanol–water partition coefficient (Wildman–Crippen LogP) is 3.94. The highest BCUT2D eigenvalue weighted by atomic mass is 16.5. The van der Waals surface area contributed by atoms with Crippen LogP contribution < -0.4 is 4.74 Å². The molecule has 0 aliphatic carbocycles. The highest BCUT2D eigenvalue weighted by Gasteiger charge is 2.26. The molecule has 140 valence electrons. The molecule has 0 saturated carbocycles. The first-order valence-corrected chi connectivity index (χ1v) is 9.49. The van der Waals surface area contributed by atoms with Crippen molar-refractivity contribution in [3.8, 4) is 5.75 Å². The van der Waals surface area contributed by atoms with Gasteiger partial charge in [-0.2, -0.15) is 0 Å². The largest absolute Gasteiger partial charge is 0.490 e. The molecular formula is C22H25N3O2. The van der Waals surface area contributed by atoms with E-state index in [0.29, 0.717) is 18.8 Å². The topological polar surface area (TPSA) is 46.8 Å². The molecule has 3 aromatic rings. The smallest absolute Gasteiger partial charge is 0.274 e. The first kappa shape index (κ1) is 17.6. The van der Waals surface area contributed by atoms with Gasteiger partial charge in [-0.1, -0.05) is 18.2 Å². The summed E-state index contributed by atoms with van der Waals surface area (Å²) in [4.78, 5) is 19.2. The average Bonchev–Trinajstić information content (AvgIpc) is 3.10. The Morgan fingerprint density at radius 3 is 2.63 bits per heavy atom. The number of likely N-dealkylation sites (tertiary alicyclic amines) is 1. The van der Waals surface area contributed by atoms with Crippen LogP contribution in [0.2, 0.25) is 0 Å². The van der Waals surface area contributed by atoms with Gasteiger partial charge in [0.1, 0.15) is 23.2 Å². The van der Waals surface area contributed by atoms with Crippen molar-refractivity contribution in [2.75, 3.05) is 13.1 Å². The summed E-state index contributed by atoms with van der Waals surface area (Å²) in [5, 5.41) is 0. The Balaban J connectivity index is 1.41. The Hall–Kier alpha value is -2.82. The van der Waals surface area contributed by atoms with Gasteiger partial charge in [0.2, 0.25) is 0 Å². The Morgan fingerprint density at radius 2 is 1.89 bits per heavy atom. The number of hydrogen-bond acceptors (Lipinski definition) is 3. The predicted molar refractivity (Wildman–Crippen MR) is 105 cm³/mol. The normalized spacial score (nSPS) is 15.3. The van der Waals surface area contributed by atoms with E-state index >= 15 is 0 Å². The van der Waals surface area contributed by atoms with Gasteiger partial charge in [0, 0.05) is 37.8 Å². The van der Waals surface area contributed by atoms with Crippen molar-refractivity contribution in [1.82, 2.24) is 14.3 Å². The first-order valence-electron chi connectivity index (χ1n) is 9.49. The van der Waals surface area contributed by atoms with E-state index in [1.807, 2.05) is 40.6 Å². The van der Waals surface area contributed by atoms with Crippen LogP contribution in [0.3, 0.4) is 0 Å². The van der Waals surface area contributed by atoms with E-state index in [2.05, 4.69) is 37.0 Å². The number of aromatic nitrogens is 2. The zero-order chi connectivity index (χ0) is 19.0. The van der Waals surface area contributed by atoms with Crippen LogP contribution in [0.4, 0.5) is 0 Å². The van der Waals surface area contributed by atoms with Crippen molar-refractivity contribution in [2.24, 2.45) is 0 Å². The van der Waals surface area contributed by atoms with Crippen LogP contribution in [0.25, 0.3) is 5.65 Å². The van der Waals surface area contributed by atoms with E-state index < -0.39 is 0 Å². The maximum Gasteiger partial charge on any atom is 0.274 e. The summed E-state index contributed by atoms with van der Waals surface area (Å²) in [5.41, 5.74) is 4.74. The number of carbonyl (C=O) groups is 1. The molecule has 0 N–H and O–H groups in total. The second-order valence-electron chi connectivity index (χ2n) is 7.40. The lowest BCUT2D eigenvalue weighted by atomic mass is 10.1. The second-order valence-corrected chi connectivity index (χ2v) is 7.40. The van der Waals surface area contributed by atoms with E-state index in [-0.39, 0.29) is 12.0 Å². The standard InChI is InChI=1S/C22H25N3O2/c1-15-7-8-16(2)20(13-15)27-18-9-11-24(12-10-18)22(26)19-14-25-17(3)5-4-6-21(25)23-19/h4-8,13-14,18H,9-12H2,1-3H3. The number of aryl methyl sites for hydroxylation is 3. The van der Waals surface area contributed by atoms with Gasteiger partial charge >= 0.3 is 0 Å². The van der Waals surface area contributed by atoms with Crippen LogP contribution in [0.1, 0.15) is 40.2 Å². The van der Waals surface area contributed by atoms with Crippen LogP contribution in [0.5, 0.6) is 5.75 Å². The van der Waals surface area contributed by atoms with Crippen molar-refractivity contribution in [3.05, 3.63) is 65.1 Å². The zero-order valence-corrected chi connectivity index (χ0v) is 16.1. The van der Waals surface area contributed by atoms with Gasteiger partial charge in [0.05, 0.1) is 0 Å². The van der Waals surface area contributed by atoms with Gasteiger partial charge in [-0.15, -0.1) is 0 Å². The number of benzene rings is 1. The van der Waals surface area contributed by atoms with Crippen molar-refractivity contribution in [2.45, 2.75) is 39.7 Å². The van der Waals surface area contributed by atoms with Crippen molar-refractivity contribution in [1.29, 1.82) is 0 Å². The third-order valence-electron chi connectivity index (χ3n) is 5.28. The molecule has 3 heterocycles. The molecule has 5 heteroatoms. The quantitative estimate of drug-likeness (QED) is 0.708. The fourth-order valence-corrected chi connectivity index (χ4v) is 3.60. The van der Waals surface area contributed by atoms with E-state index in [9.17, 15) is 4.79 Å². The highest BCUT2D eigenvalue weighted by Crippen LogP contribution is 2.24. The minimum absolute atomic E-state index is 0.00304. The molecule has 27 heavy (non-hydrogen) atoms. The molecule has 2 aromatic heterocycles. The number of fused-ring (bicyclic) bond motifs is 1. The van der Waals surface area contributed by atoms with Gasteiger partial charge < -0.3 is 14.0 Å². The van der Waals surface area contributed by atoms with Crippen LogP contribution in [-0.2, 0) is 0 Å². The number of pyridine rings is 1. The summed E-state index contributed by atoms with van der Waals surface area (Å²) < 4.78 is 8.17. The summed E-state index contributed by atoms with van der Waals surface area (Å²) in [5.74, 6) is 0.957. The average molecular weight is 363 g/mol. The van der Waals surface area contributed by atoms with Gasteiger partial charge in [-0.3, -0.25) is 4.79 Å². The molecule has 0 atom stereocenters. The Morgan fingerprint density at radius 1 is 1.11 bits per heavy atom. The molecule has 1 aliphatic heterocycles. The molecule has 0 spiro atoms. The fraction of sp³-hybridized carbons (Fsp3) is 0.364. The molecule has 1 amide bonds. The molecule has 1 aliphatic rings. The van der Waals surface area contributed by atoms with Crippen molar-refractivity contribution >= 4 is 11.6 Å². The minimum Gasteiger partial charge on any atom is -0.490 e. The maximum atomic E-state index is 12.9. The highest BCUT2D eigenvalue weighted by molar-refractivity contribution is 5.93. The van der Waals surface area contributed by atoms with Gasteiger partial charge in [0.25, 0.3) is 5.91 Å². The number of piperidine rings is 1. The van der Waals surface area contributed by atoms with Crippen LogP contribution in [0, 0.1) is 20.8 Å². The number of hydrogen-bond donors (Lipinski definition) is 0. The number of imidazole rings is 1. The zero-order valence-electron chi connectivity index (χ0n) is 16.1. The molecule has 1 saturated heterocycles. The number of amides is 1. The lowest BCUT2D eigenvalue weighted by Crippen LogP contribution is -2.42. The molecule has 0 bridgehead atoms. The number of nitrogens with zero attached hydrogens (tertiary/aromatic N) is 3. The summed E-state index contributed by atoms with van der Waals surface area (Å²) in [6, 6.07) is 12.2. The summed E-state index contributed by atoms with van der Waals surface area (Å²) in [7, 11) is 0. The summed E-state index contributed by atoms with van der Waals surface area (Å²) in [6.07, 6.45) is 3.67. The third-order valence-corrected chi connectivity index (χ3v) is 5.28. The van der Waals surface area contributed by atoms with E-state index in [4.69, 9.17) is 4.74 Å². The molecule has 0 unspecified atom stereocenters. The van der Waals surface area contributed by atoms with Crippen LogP contribution in [0.15, 0.2) is 42.6 Å². The molecular weight excluding hydrogens is 338 g/mol. The van der Waals surface area contributed by atoms with E-state index in [0.717, 1.165) is 35.5 Å². The molecule has 4 rings (SSSR count). The van der Waals surface area contributed by atoms with Gasteiger partial charge in [-0.05, 0) is 50.1 Å². The monoisotopic (exact) mass is 363 g/mol. The van der Waals surface area contributed by atoms with Crippen LogP contribution in [-0.4, -0.2) is 39.4 Å². The Bertz CT molecular complexity index is 984. The van der Waals surface area contributed by atoms with Gasteiger partial charge in [-0.25, -0.2) is 4.98 Å². The second kappa shape index (κ2) is 7.06. The lowest BCUT2D eigenvalue weighted by molar-refractivity contribution is 0.0589. The molecule has 0 radical (unpaired) electrons. The van der Waals surface area contributed by atoms with Crippen molar-refractivity contribution in [3.63, 3.8) is 0 Å². The number of ether oxygens (including phenoxy) is 1. The Kier molecular flexibility index (Phi) is 4.60. The van der Waals surface area contributed by atoms with E-state index in [1.54, 1.807) is 0 Å². The Labute approximate surface area is 159 Å².